The average Bonchev–Trinajstić information content (AvgIpc) is 3.07. The Hall–Kier alpha value is -1.58. The molecule has 0 rings (SSSR count). The molecule has 0 fully saturated rings. The molecule has 0 radical (unpaired) electrons. The maximum absolute atomic E-state index is 12.6. The van der Waals surface area contributed by atoms with E-state index < -0.39 is 5.97 Å². The Morgan fingerprint density at radius 3 is 1.23 bits per heavy atom. The number of allylic oxidation sites excluding steroid dienone is 4. The van der Waals surface area contributed by atoms with Gasteiger partial charge >= 0.3 is 11.9 Å². The number of ether oxygens (including phenoxy) is 1. The van der Waals surface area contributed by atoms with Crippen LogP contribution in [0.15, 0.2) is 24.3 Å². The van der Waals surface area contributed by atoms with Gasteiger partial charge in [0.25, 0.3) is 0 Å². The van der Waals surface area contributed by atoms with E-state index in [1.165, 1.54) is 141 Å². The summed E-state index contributed by atoms with van der Waals surface area (Å²) in [6, 6.07) is 0. The fourth-order valence-corrected chi connectivity index (χ4v) is 6.51. The van der Waals surface area contributed by atoms with Crippen LogP contribution in [0, 0.1) is 0 Å². The van der Waals surface area contributed by atoms with Crippen molar-refractivity contribution in [2.24, 2.45) is 0 Å². The van der Waals surface area contributed by atoms with Gasteiger partial charge in [0, 0.05) is 12.8 Å². The van der Waals surface area contributed by atoms with Gasteiger partial charge in [-0.1, -0.05) is 179 Å². The molecule has 1 unspecified atom stereocenters. The van der Waals surface area contributed by atoms with E-state index in [1.54, 1.807) is 0 Å². The van der Waals surface area contributed by atoms with Crippen LogP contribution in [0.5, 0.6) is 0 Å². The fourth-order valence-electron chi connectivity index (χ4n) is 6.51. The first-order valence-corrected chi connectivity index (χ1v) is 21.3. The molecule has 0 aliphatic rings. The number of aliphatic carboxylic acids is 1. The lowest BCUT2D eigenvalue weighted by Crippen LogP contribution is -2.18. The van der Waals surface area contributed by atoms with Crippen LogP contribution in [0.25, 0.3) is 0 Å². The SMILES string of the molecule is CCCCCCC/C=C\C/C=C\CCCCCCCCCCCCCC(=O)OC(CCCCCCCCC)CCCCCCCC(=O)O. The Morgan fingerprint density at radius 2 is 0.812 bits per heavy atom. The Labute approximate surface area is 299 Å². The molecule has 0 amide bonds. The van der Waals surface area contributed by atoms with Crippen LogP contribution in [0.3, 0.4) is 0 Å². The first-order chi connectivity index (χ1) is 23.6. The summed E-state index contributed by atoms with van der Waals surface area (Å²) in [5.74, 6) is -0.699. The first-order valence-electron chi connectivity index (χ1n) is 21.3. The standard InChI is InChI=1S/C44H82O4/c1-3-5-7-9-11-12-13-14-15-16-17-18-19-20-21-22-23-24-25-26-28-33-37-41-44(47)48-42(38-34-30-27-10-8-6-4-2)39-35-31-29-32-36-40-43(45)46/h13-14,16-17,42H,3-12,15,18-41H2,1-2H3,(H,45,46)/b14-13-,17-16-. The van der Waals surface area contributed by atoms with Crippen molar-refractivity contribution in [3.63, 3.8) is 0 Å². The third kappa shape index (κ3) is 38.9. The summed E-state index contributed by atoms with van der Waals surface area (Å²) in [6.07, 6.45) is 50.7. The van der Waals surface area contributed by atoms with Gasteiger partial charge in [0.15, 0.2) is 0 Å². The number of carboxylic acid groups (broad SMARTS) is 1. The molecule has 0 aromatic heterocycles. The molecule has 0 aliphatic carbocycles. The van der Waals surface area contributed by atoms with Crippen LogP contribution < -0.4 is 0 Å². The minimum Gasteiger partial charge on any atom is -0.481 e. The highest BCUT2D eigenvalue weighted by atomic mass is 16.5. The Morgan fingerprint density at radius 1 is 0.458 bits per heavy atom. The molecule has 0 aromatic carbocycles. The van der Waals surface area contributed by atoms with E-state index in [-0.39, 0.29) is 18.5 Å². The largest absolute Gasteiger partial charge is 0.481 e. The molecule has 0 aromatic rings. The third-order valence-electron chi connectivity index (χ3n) is 9.68. The number of carbonyl (C=O) groups is 2. The summed E-state index contributed by atoms with van der Waals surface area (Å²) in [5.41, 5.74) is 0. The normalized spacial score (nSPS) is 12.4. The second-order valence-corrected chi connectivity index (χ2v) is 14.5. The molecular weight excluding hydrogens is 592 g/mol. The van der Waals surface area contributed by atoms with Crippen molar-refractivity contribution in [2.45, 2.75) is 245 Å². The highest BCUT2D eigenvalue weighted by molar-refractivity contribution is 5.69. The molecule has 0 spiro atoms. The Kier molecular flexibility index (Phi) is 38.5. The minimum atomic E-state index is -0.700. The van der Waals surface area contributed by atoms with E-state index >= 15 is 0 Å². The van der Waals surface area contributed by atoms with Gasteiger partial charge in [0.05, 0.1) is 0 Å². The van der Waals surface area contributed by atoms with Crippen molar-refractivity contribution in [1.82, 2.24) is 0 Å². The molecule has 0 saturated heterocycles. The summed E-state index contributed by atoms with van der Waals surface area (Å²) >= 11 is 0. The molecule has 0 bridgehead atoms. The monoisotopic (exact) mass is 675 g/mol. The van der Waals surface area contributed by atoms with Crippen LogP contribution in [-0.4, -0.2) is 23.1 Å². The first kappa shape index (κ1) is 46.4. The number of hydrogen-bond donors (Lipinski definition) is 1. The number of unbranched alkanes of at least 4 members (excludes halogenated alkanes) is 26. The van der Waals surface area contributed by atoms with Crippen molar-refractivity contribution in [3.05, 3.63) is 24.3 Å². The quantitative estimate of drug-likeness (QED) is 0.0400. The van der Waals surface area contributed by atoms with Crippen molar-refractivity contribution in [1.29, 1.82) is 0 Å². The van der Waals surface area contributed by atoms with Crippen molar-refractivity contribution >= 4 is 11.9 Å². The van der Waals surface area contributed by atoms with Crippen LogP contribution in [0.2, 0.25) is 0 Å². The Bertz CT molecular complexity index is 727. The molecule has 48 heavy (non-hydrogen) atoms. The molecule has 0 heterocycles. The van der Waals surface area contributed by atoms with E-state index in [1.807, 2.05) is 0 Å². The molecule has 0 aliphatic heterocycles. The lowest BCUT2D eigenvalue weighted by atomic mass is 10.0. The maximum Gasteiger partial charge on any atom is 0.306 e. The van der Waals surface area contributed by atoms with Gasteiger partial charge in [-0.25, -0.2) is 0 Å². The average molecular weight is 675 g/mol. The zero-order valence-electron chi connectivity index (χ0n) is 32.3. The summed E-state index contributed by atoms with van der Waals surface area (Å²) in [5, 5.41) is 8.80. The number of hydrogen-bond acceptors (Lipinski definition) is 3. The second kappa shape index (κ2) is 39.9. The predicted molar refractivity (Wildman–Crippen MR) is 209 cm³/mol. The molecule has 4 heteroatoms. The highest BCUT2D eigenvalue weighted by Gasteiger charge is 2.14. The van der Waals surface area contributed by atoms with Gasteiger partial charge in [0.1, 0.15) is 6.10 Å². The lowest BCUT2D eigenvalue weighted by Gasteiger charge is -2.18. The number of carboxylic acids is 1. The van der Waals surface area contributed by atoms with E-state index in [0.717, 1.165) is 70.6 Å². The summed E-state index contributed by atoms with van der Waals surface area (Å²) < 4.78 is 5.98. The smallest absolute Gasteiger partial charge is 0.306 e. The lowest BCUT2D eigenvalue weighted by molar-refractivity contribution is -0.150. The van der Waals surface area contributed by atoms with Gasteiger partial charge in [-0.05, 0) is 70.6 Å². The van der Waals surface area contributed by atoms with Gasteiger partial charge in [-0.2, -0.15) is 0 Å². The number of esters is 1. The maximum atomic E-state index is 12.6. The van der Waals surface area contributed by atoms with Crippen molar-refractivity contribution < 1.29 is 19.4 Å². The summed E-state index contributed by atoms with van der Waals surface area (Å²) in [6.45, 7) is 4.53. The molecule has 1 N–H and O–H groups in total. The van der Waals surface area contributed by atoms with Crippen LogP contribution in [-0.2, 0) is 14.3 Å². The Balaban J connectivity index is 3.77. The minimum absolute atomic E-state index is 0.000213. The second-order valence-electron chi connectivity index (χ2n) is 14.5. The molecule has 4 nitrogen and oxygen atoms in total. The van der Waals surface area contributed by atoms with E-state index in [4.69, 9.17) is 9.84 Å². The summed E-state index contributed by atoms with van der Waals surface area (Å²) in [4.78, 5) is 23.3. The van der Waals surface area contributed by atoms with E-state index in [9.17, 15) is 9.59 Å². The van der Waals surface area contributed by atoms with Crippen LogP contribution in [0.1, 0.15) is 239 Å². The van der Waals surface area contributed by atoms with Gasteiger partial charge in [-0.15, -0.1) is 0 Å². The fraction of sp³-hybridized carbons (Fsp3) is 0.864. The van der Waals surface area contributed by atoms with Gasteiger partial charge < -0.3 is 9.84 Å². The summed E-state index contributed by atoms with van der Waals surface area (Å²) in [7, 11) is 0. The third-order valence-corrected chi connectivity index (χ3v) is 9.68. The zero-order chi connectivity index (χ0) is 35.0. The van der Waals surface area contributed by atoms with Crippen LogP contribution in [0.4, 0.5) is 0 Å². The topological polar surface area (TPSA) is 63.6 Å². The highest BCUT2D eigenvalue weighted by Crippen LogP contribution is 2.19. The van der Waals surface area contributed by atoms with Crippen molar-refractivity contribution in [3.8, 4) is 0 Å². The van der Waals surface area contributed by atoms with E-state index in [0.29, 0.717) is 6.42 Å². The van der Waals surface area contributed by atoms with Gasteiger partial charge in [0.2, 0.25) is 0 Å². The van der Waals surface area contributed by atoms with Gasteiger partial charge in [-0.3, -0.25) is 9.59 Å². The number of rotatable bonds is 39. The predicted octanol–water partition coefficient (Wildman–Crippen LogP) is 14.8. The zero-order valence-corrected chi connectivity index (χ0v) is 32.3. The molecule has 0 saturated carbocycles. The number of carbonyl (C=O) groups excluding carboxylic acids is 1. The molecule has 282 valence electrons. The molecular formula is C44H82O4. The van der Waals surface area contributed by atoms with Crippen LogP contribution >= 0.6 is 0 Å². The molecule has 1 atom stereocenters. The van der Waals surface area contributed by atoms with E-state index in [2.05, 4.69) is 38.2 Å². The van der Waals surface area contributed by atoms with Crippen molar-refractivity contribution in [2.75, 3.05) is 0 Å².